The summed E-state index contributed by atoms with van der Waals surface area (Å²) in [6.07, 6.45) is 2.11. The number of aliphatic hydroxyl groups is 1. The second-order valence-electron chi connectivity index (χ2n) is 6.98. The van der Waals surface area contributed by atoms with Crippen molar-refractivity contribution in [3.05, 3.63) is 29.8 Å². The molecule has 1 unspecified atom stereocenters. The maximum Gasteiger partial charge on any atom is 0.0610 e. The molecule has 0 heterocycles. The summed E-state index contributed by atoms with van der Waals surface area (Å²) in [5.41, 5.74) is 1.47. The molecule has 1 atom stereocenters. The minimum Gasteiger partial charge on any atom is -0.394 e. The largest absolute Gasteiger partial charge is 0.394 e. The zero-order chi connectivity index (χ0) is 15.9. The van der Waals surface area contributed by atoms with Crippen molar-refractivity contribution >= 4 is 11.8 Å². The van der Waals surface area contributed by atoms with Gasteiger partial charge in [0.2, 0.25) is 0 Å². The van der Waals surface area contributed by atoms with Crippen molar-refractivity contribution in [2.24, 2.45) is 0 Å². The molecule has 0 aliphatic heterocycles. The van der Waals surface area contributed by atoms with E-state index < -0.39 is 0 Å². The van der Waals surface area contributed by atoms with E-state index in [1.165, 1.54) is 10.5 Å². The van der Waals surface area contributed by atoms with Gasteiger partial charge in [-0.25, -0.2) is 0 Å². The smallest absolute Gasteiger partial charge is 0.0610 e. The quantitative estimate of drug-likeness (QED) is 0.557. The van der Waals surface area contributed by atoms with Crippen LogP contribution in [0, 0.1) is 0 Å². The first-order valence-electron chi connectivity index (χ1n) is 7.90. The van der Waals surface area contributed by atoms with E-state index in [2.05, 4.69) is 64.2 Å². The average molecular weight is 310 g/mol. The Balaban J connectivity index is 2.39. The molecule has 0 aliphatic rings. The third-order valence-corrected chi connectivity index (χ3v) is 4.91. The first kappa shape index (κ1) is 18.5. The minimum atomic E-state index is -0.134. The van der Waals surface area contributed by atoms with Crippen LogP contribution in [-0.4, -0.2) is 29.5 Å². The van der Waals surface area contributed by atoms with Gasteiger partial charge < -0.3 is 10.4 Å². The molecule has 1 aromatic rings. The molecular formula is C18H31NOS. The highest BCUT2D eigenvalue weighted by Gasteiger charge is 2.20. The van der Waals surface area contributed by atoms with Crippen LogP contribution >= 0.6 is 11.8 Å². The summed E-state index contributed by atoms with van der Waals surface area (Å²) >= 11 is 1.90. The fraction of sp³-hybridized carbons (Fsp3) is 0.667. The molecule has 0 spiro atoms. The lowest BCUT2D eigenvalue weighted by Crippen LogP contribution is -2.45. The number of likely N-dealkylation sites (N-methyl/N-ethyl adjacent to an activating group) is 1. The van der Waals surface area contributed by atoms with Gasteiger partial charge >= 0.3 is 0 Å². The van der Waals surface area contributed by atoms with E-state index >= 15 is 0 Å². The Morgan fingerprint density at radius 2 is 1.71 bits per heavy atom. The number of benzene rings is 1. The van der Waals surface area contributed by atoms with Gasteiger partial charge in [0, 0.05) is 10.4 Å². The third kappa shape index (κ3) is 6.41. The second-order valence-corrected chi connectivity index (χ2v) is 8.14. The van der Waals surface area contributed by atoms with Crippen LogP contribution in [0.25, 0.3) is 0 Å². The molecule has 2 nitrogen and oxygen atoms in total. The van der Waals surface area contributed by atoms with E-state index in [-0.39, 0.29) is 17.6 Å². The summed E-state index contributed by atoms with van der Waals surface area (Å²) in [7, 11) is 0. The lowest BCUT2D eigenvalue weighted by molar-refractivity contribution is 0.167. The fourth-order valence-electron chi connectivity index (χ4n) is 2.35. The van der Waals surface area contributed by atoms with Crippen molar-refractivity contribution < 1.29 is 5.11 Å². The van der Waals surface area contributed by atoms with E-state index in [1.807, 2.05) is 11.8 Å². The van der Waals surface area contributed by atoms with E-state index in [0.717, 1.165) is 25.1 Å². The number of rotatable bonds is 8. The van der Waals surface area contributed by atoms with Crippen LogP contribution in [-0.2, 0) is 5.41 Å². The van der Waals surface area contributed by atoms with Crippen molar-refractivity contribution in [1.82, 2.24) is 5.32 Å². The maximum absolute atomic E-state index is 9.47. The monoisotopic (exact) mass is 309 g/mol. The first-order chi connectivity index (χ1) is 9.80. The molecule has 0 amide bonds. The Morgan fingerprint density at radius 3 is 2.19 bits per heavy atom. The molecule has 0 radical (unpaired) electrons. The van der Waals surface area contributed by atoms with Crippen LogP contribution < -0.4 is 5.32 Å². The van der Waals surface area contributed by atoms with Gasteiger partial charge in [0.05, 0.1) is 6.61 Å². The SMILES string of the molecule is CCNC(C)(CO)CCCSc1ccc(C(C)(C)C)cc1. The second kappa shape index (κ2) is 8.21. The molecular weight excluding hydrogens is 278 g/mol. The zero-order valence-corrected chi connectivity index (χ0v) is 15.0. The van der Waals surface area contributed by atoms with Gasteiger partial charge in [-0.1, -0.05) is 39.8 Å². The summed E-state index contributed by atoms with van der Waals surface area (Å²) in [4.78, 5) is 1.33. The van der Waals surface area contributed by atoms with Crippen LogP contribution in [0.2, 0.25) is 0 Å². The van der Waals surface area contributed by atoms with E-state index in [9.17, 15) is 5.11 Å². The van der Waals surface area contributed by atoms with Gasteiger partial charge in [0.1, 0.15) is 0 Å². The molecule has 0 aliphatic carbocycles. The van der Waals surface area contributed by atoms with Crippen molar-refractivity contribution in [2.45, 2.75) is 63.3 Å². The molecule has 120 valence electrons. The highest BCUT2D eigenvalue weighted by molar-refractivity contribution is 7.99. The van der Waals surface area contributed by atoms with Gasteiger partial charge in [0.15, 0.2) is 0 Å². The molecule has 3 heteroatoms. The van der Waals surface area contributed by atoms with Crippen LogP contribution in [0.4, 0.5) is 0 Å². The van der Waals surface area contributed by atoms with Gasteiger partial charge in [-0.3, -0.25) is 0 Å². The zero-order valence-electron chi connectivity index (χ0n) is 14.2. The Bertz CT molecular complexity index is 410. The summed E-state index contributed by atoms with van der Waals surface area (Å²) in [6, 6.07) is 8.92. The third-order valence-electron chi connectivity index (χ3n) is 3.81. The fourth-order valence-corrected chi connectivity index (χ4v) is 3.21. The topological polar surface area (TPSA) is 32.3 Å². The number of aliphatic hydroxyl groups excluding tert-OH is 1. The summed E-state index contributed by atoms with van der Waals surface area (Å²) < 4.78 is 0. The standard InChI is InChI=1S/C18H31NOS/c1-6-19-18(5,14-20)12-7-13-21-16-10-8-15(9-11-16)17(2,3)4/h8-11,19-20H,6-7,12-14H2,1-5H3. The predicted octanol–water partition coefficient (Wildman–Crippen LogP) is 4.22. The van der Waals surface area contributed by atoms with Crippen molar-refractivity contribution in [2.75, 3.05) is 18.9 Å². The minimum absolute atomic E-state index is 0.134. The van der Waals surface area contributed by atoms with E-state index in [4.69, 9.17) is 0 Å². The normalized spacial score (nSPS) is 15.0. The summed E-state index contributed by atoms with van der Waals surface area (Å²) in [5.74, 6) is 1.09. The molecule has 0 aromatic heterocycles. The summed E-state index contributed by atoms with van der Waals surface area (Å²) in [5, 5.41) is 12.8. The Kier molecular flexibility index (Phi) is 7.25. The van der Waals surface area contributed by atoms with E-state index in [0.29, 0.717) is 0 Å². The van der Waals surface area contributed by atoms with Gasteiger partial charge in [-0.05, 0) is 55.2 Å². The first-order valence-corrected chi connectivity index (χ1v) is 8.88. The molecule has 1 aromatic carbocycles. The average Bonchev–Trinajstić information content (AvgIpc) is 2.43. The molecule has 21 heavy (non-hydrogen) atoms. The Morgan fingerprint density at radius 1 is 1.10 bits per heavy atom. The van der Waals surface area contributed by atoms with Gasteiger partial charge in [-0.2, -0.15) is 0 Å². The number of hydrogen-bond donors (Lipinski definition) is 2. The lowest BCUT2D eigenvalue weighted by atomic mass is 9.87. The molecule has 0 bridgehead atoms. The van der Waals surface area contributed by atoms with E-state index in [1.54, 1.807) is 0 Å². The highest BCUT2D eigenvalue weighted by atomic mass is 32.2. The van der Waals surface area contributed by atoms with Crippen LogP contribution in [0.5, 0.6) is 0 Å². The predicted molar refractivity (Wildman–Crippen MR) is 94.3 cm³/mol. The number of thioether (sulfide) groups is 1. The maximum atomic E-state index is 9.47. The Hall–Kier alpha value is -0.510. The van der Waals surface area contributed by atoms with Crippen molar-refractivity contribution in [3.8, 4) is 0 Å². The Labute approximate surface area is 134 Å². The van der Waals surface area contributed by atoms with Gasteiger partial charge in [0.25, 0.3) is 0 Å². The summed E-state index contributed by atoms with van der Waals surface area (Å²) in [6.45, 7) is 12.0. The molecule has 0 saturated carbocycles. The van der Waals surface area contributed by atoms with Crippen LogP contribution in [0.15, 0.2) is 29.2 Å². The van der Waals surface area contributed by atoms with Gasteiger partial charge in [-0.15, -0.1) is 11.8 Å². The van der Waals surface area contributed by atoms with Crippen molar-refractivity contribution in [3.63, 3.8) is 0 Å². The van der Waals surface area contributed by atoms with Crippen LogP contribution in [0.3, 0.4) is 0 Å². The van der Waals surface area contributed by atoms with Crippen molar-refractivity contribution in [1.29, 1.82) is 0 Å². The van der Waals surface area contributed by atoms with Crippen LogP contribution in [0.1, 0.15) is 53.0 Å². The molecule has 2 N–H and O–H groups in total. The molecule has 1 rings (SSSR count). The number of hydrogen-bond acceptors (Lipinski definition) is 3. The highest BCUT2D eigenvalue weighted by Crippen LogP contribution is 2.26. The number of nitrogens with one attached hydrogen (secondary N) is 1. The molecule has 0 saturated heterocycles. The molecule has 0 fully saturated rings. The lowest BCUT2D eigenvalue weighted by Gasteiger charge is -2.28.